The molecule has 12 nitrogen and oxygen atoms in total. The summed E-state index contributed by atoms with van der Waals surface area (Å²) >= 11 is 0. The lowest BCUT2D eigenvalue weighted by molar-refractivity contribution is -0.117. The zero-order valence-corrected chi connectivity index (χ0v) is 28.3. The lowest BCUT2D eigenvalue weighted by Gasteiger charge is -2.27. The first-order valence-corrected chi connectivity index (χ1v) is 16.6. The predicted octanol–water partition coefficient (Wildman–Crippen LogP) is 3.05. The topological polar surface area (TPSA) is 192 Å². The molecule has 0 aromatic heterocycles. The minimum absolute atomic E-state index is 0.0246. The SMILES string of the molecule is COc1c(NCCOCCO)c2c(=O)cc(CO)c3c4c(CO)cc(=O)c5c(O)c(CCCOCCO)c6c(c(c1C(C(C)=O)C(C)=C6)c23)c54. The van der Waals surface area contributed by atoms with E-state index in [4.69, 9.17) is 14.2 Å². The molecule has 0 bridgehead atoms. The van der Waals surface area contributed by atoms with Crippen molar-refractivity contribution in [3.8, 4) is 11.5 Å². The summed E-state index contributed by atoms with van der Waals surface area (Å²) in [5, 5.41) is 57.9. The smallest absolute Gasteiger partial charge is 0.190 e. The van der Waals surface area contributed by atoms with Crippen molar-refractivity contribution in [2.75, 3.05) is 58.6 Å². The number of ketones is 1. The number of benzene rings is 5. The number of fused-ring (bicyclic) bond motifs is 1. The molecule has 1 unspecified atom stereocenters. The van der Waals surface area contributed by atoms with Crippen LogP contribution in [-0.4, -0.2) is 84.6 Å². The standard InChI is InChI=1S/C38H41NO11/c1-18-13-23-22(5-4-9-49-11-7-40)37(47)31-25(46)15-21(17-43)27-28-20(16-42)14-24(45)30-33(28)34(29(23)32(27)31)35(26(18)19(2)44)38(48-3)36(30)39-6-10-50-12-8-41/h13-15,26,39-43,47H,4-12,16-17H2,1-3H3. The van der Waals surface area contributed by atoms with E-state index in [1.807, 2.05) is 13.0 Å². The van der Waals surface area contributed by atoms with Crippen molar-refractivity contribution >= 4 is 60.6 Å². The predicted molar refractivity (Wildman–Crippen MR) is 191 cm³/mol. The Morgan fingerprint density at radius 3 is 1.98 bits per heavy atom. The summed E-state index contributed by atoms with van der Waals surface area (Å²) in [6.45, 7) is 2.85. The van der Waals surface area contributed by atoms with Gasteiger partial charge in [-0.25, -0.2) is 0 Å². The third-order valence-corrected chi connectivity index (χ3v) is 9.66. The van der Waals surface area contributed by atoms with Gasteiger partial charge in [0.15, 0.2) is 10.9 Å². The molecular formula is C38H41NO11. The largest absolute Gasteiger partial charge is 0.507 e. The first-order chi connectivity index (χ1) is 24.2. The van der Waals surface area contributed by atoms with Gasteiger partial charge in [-0.1, -0.05) is 11.6 Å². The van der Waals surface area contributed by atoms with Crippen LogP contribution in [0, 0.1) is 0 Å². The molecule has 1 aliphatic carbocycles. The lowest BCUT2D eigenvalue weighted by Crippen LogP contribution is -2.18. The van der Waals surface area contributed by atoms with Gasteiger partial charge in [-0.05, 0) is 77.1 Å². The van der Waals surface area contributed by atoms with E-state index in [0.29, 0.717) is 66.7 Å². The summed E-state index contributed by atoms with van der Waals surface area (Å²) < 4.78 is 17.1. The van der Waals surface area contributed by atoms with E-state index >= 15 is 0 Å². The van der Waals surface area contributed by atoms with Gasteiger partial charge in [-0.3, -0.25) is 14.4 Å². The molecule has 0 aliphatic heterocycles. The van der Waals surface area contributed by atoms with Gasteiger partial charge < -0.3 is 45.1 Å². The van der Waals surface area contributed by atoms with E-state index in [2.05, 4.69) is 5.32 Å². The first kappa shape index (κ1) is 35.4. The molecule has 0 saturated carbocycles. The van der Waals surface area contributed by atoms with Gasteiger partial charge in [-0.2, -0.15) is 0 Å². The number of hydrogen-bond donors (Lipinski definition) is 6. The Bertz CT molecular complexity index is 2260. The second-order valence-electron chi connectivity index (χ2n) is 12.6. The van der Waals surface area contributed by atoms with E-state index in [-0.39, 0.29) is 91.8 Å². The van der Waals surface area contributed by atoms with Crippen LogP contribution in [0.3, 0.4) is 0 Å². The normalized spacial score (nSPS) is 14.4. The van der Waals surface area contributed by atoms with Crippen LogP contribution >= 0.6 is 0 Å². The highest BCUT2D eigenvalue weighted by molar-refractivity contribution is 6.39. The molecule has 6 N–H and O–H groups in total. The molecule has 0 radical (unpaired) electrons. The zero-order chi connectivity index (χ0) is 35.9. The van der Waals surface area contributed by atoms with E-state index < -0.39 is 30.0 Å². The average Bonchev–Trinajstić information content (AvgIpc) is 3.22. The number of anilines is 1. The Morgan fingerprint density at radius 2 is 1.40 bits per heavy atom. The van der Waals surface area contributed by atoms with Gasteiger partial charge in [0.05, 0.1) is 75.7 Å². The van der Waals surface area contributed by atoms with Crippen molar-refractivity contribution in [1.29, 1.82) is 0 Å². The highest BCUT2D eigenvalue weighted by Gasteiger charge is 2.36. The Labute approximate surface area is 286 Å². The Hall–Kier alpha value is -4.43. The van der Waals surface area contributed by atoms with Gasteiger partial charge in [-0.15, -0.1) is 0 Å². The number of allylic oxidation sites excluding steroid dienone is 1. The minimum Gasteiger partial charge on any atom is -0.507 e. The molecule has 1 atom stereocenters. The minimum atomic E-state index is -0.865. The van der Waals surface area contributed by atoms with E-state index in [1.54, 1.807) is 0 Å². The van der Waals surface area contributed by atoms with Gasteiger partial charge in [0, 0.05) is 35.1 Å². The highest BCUT2D eigenvalue weighted by atomic mass is 16.5. The number of nitrogens with one attached hydrogen (secondary N) is 1. The van der Waals surface area contributed by atoms with Crippen molar-refractivity contribution in [2.45, 2.75) is 45.8 Å². The second-order valence-corrected chi connectivity index (χ2v) is 12.6. The third-order valence-electron chi connectivity index (χ3n) is 9.66. The van der Waals surface area contributed by atoms with Gasteiger partial charge in [0.25, 0.3) is 0 Å². The summed E-state index contributed by atoms with van der Waals surface area (Å²) in [4.78, 5) is 41.8. The maximum atomic E-state index is 14.2. The van der Waals surface area contributed by atoms with Crippen LogP contribution < -0.4 is 20.9 Å². The third kappa shape index (κ3) is 5.52. The van der Waals surface area contributed by atoms with Gasteiger partial charge in [0.2, 0.25) is 0 Å². The molecule has 0 amide bonds. The number of aliphatic hydroxyl groups is 4. The maximum Gasteiger partial charge on any atom is 0.190 e. The van der Waals surface area contributed by atoms with Crippen LogP contribution in [-0.2, 0) is 33.9 Å². The number of phenolic OH excluding ortho intramolecular Hbond substituents is 1. The number of ether oxygens (including phenoxy) is 3. The van der Waals surface area contributed by atoms with E-state index in [1.165, 1.54) is 26.2 Å². The number of carbonyl (C=O) groups is 1. The Kier molecular flexibility index (Phi) is 10.2. The molecule has 12 heteroatoms. The second kappa shape index (κ2) is 14.4. The highest BCUT2D eigenvalue weighted by Crippen LogP contribution is 2.56. The van der Waals surface area contributed by atoms with Crippen molar-refractivity contribution in [3.63, 3.8) is 0 Å². The maximum absolute atomic E-state index is 14.2. The number of aromatic hydroxyl groups is 1. The lowest BCUT2D eigenvalue weighted by atomic mass is 9.78. The van der Waals surface area contributed by atoms with Crippen molar-refractivity contribution < 1.29 is 44.5 Å². The molecule has 0 spiro atoms. The summed E-state index contributed by atoms with van der Waals surface area (Å²) in [6.07, 6.45) is 2.55. The molecule has 0 fully saturated rings. The number of Topliss-reactive ketones (excluding diaryl/α,β-unsaturated/α-hetero) is 1. The summed E-state index contributed by atoms with van der Waals surface area (Å²) in [5.41, 5.74) is 2.00. The number of hydrogen-bond acceptors (Lipinski definition) is 12. The van der Waals surface area contributed by atoms with Crippen LogP contribution in [0.4, 0.5) is 5.69 Å². The fourth-order valence-electron chi connectivity index (χ4n) is 7.87. The Balaban J connectivity index is 1.91. The van der Waals surface area contributed by atoms with Crippen molar-refractivity contribution in [3.05, 3.63) is 66.0 Å². The number of phenols is 1. The van der Waals surface area contributed by atoms with Gasteiger partial charge >= 0.3 is 0 Å². The average molecular weight is 688 g/mol. The quantitative estimate of drug-likeness (QED) is 0.0506. The Morgan fingerprint density at radius 1 is 0.800 bits per heavy atom. The molecule has 0 heterocycles. The van der Waals surface area contributed by atoms with E-state index in [0.717, 1.165) is 0 Å². The van der Waals surface area contributed by atoms with Crippen LogP contribution in [0.15, 0.2) is 27.3 Å². The molecule has 264 valence electrons. The fraction of sp³-hybridized carbons (Fsp3) is 0.395. The molecule has 1 aliphatic rings. The van der Waals surface area contributed by atoms with E-state index in [9.17, 15) is 39.9 Å². The molecule has 6 rings (SSSR count). The number of aliphatic hydroxyl groups excluding tert-OH is 4. The summed E-state index contributed by atoms with van der Waals surface area (Å²) in [7, 11) is 1.45. The van der Waals surface area contributed by atoms with Crippen LogP contribution in [0.1, 0.15) is 54.0 Å². The van der Waals surface area contributed by atoms with Crippen LogP contribution in [0.25, 0.3) is 49.2 Å². The summed E-state index contributed by atoms with van der Waals surface area (Å²) in [5.74, 6) is -1.06. The monoisotopic (exact) mass is 687 g/mol. The molecular weight excluding hydrogens is 646 g/mol. The van der Waals surface area contributed by atoms with Crippen LogP contribution in [0.5, 0.6) is 11.5 Å². The fourth-order valence-corrected chi connectivity index (χ4v) is 7.87. The van der Waals surface area contributed by atoms with Crippen molar-refractivity contribution in [2.24, 2.45) is 0 Å². The van der Waals surface area contributed by atoms with Gasteiger partial charge in [0.1, 0.15) is 17.3 Å². The number of methoxy groups -OCH3 is 1. The first-order valence-electron chi connectivity index (χ1n) is 16.6. The summed E-state index contributed by atoms with van der Waals surface area (Å²) in [6, 6.07) is 2.60. The molecule has 0 saturated heterocycles. The zero-order valence-electron chi connectivity index (χ0n) is 28.3. The number of rotatable bonds is 16. The van der Waals surface area contributed by atoms with Crippen LogP contribution in [0.2, 0.25) is 0 Å². The molecule has 50 heavy (non-hydrogen) atoms. The number of carbonyl (C=O) groups excluding carboxylic acids is 1. The molecule has 5 aromatic rings. The van der Waals surface area contributed by atoms with Crippen molar-refractivity contribution in [1.82, 2.24) is 0 Å². The molecule has 5 aromatic carbocycles.